The molecule has 1 N–H and O–H groups in total. The van der Waals surface area contributed by atoms with Crippen LogP contribution in [0.15, 0.2) is 42.5 Å². The maximum Gasteiger partial charge on any atom is 0.254 e. The van der Waals surface area contributed by atoms with Crippen LogP contribution in [0.3, 0.4) is 0 Å². The topological polar surface area (TPSA) is 24.8 Å². The SMILES string of the molecule is O=C(c1ccccc1)N1CC[NH+](C[C@@H]2C[C@H]3C=C[C@H]2C3)CC1. The zero-order chi connectivity index (χ0) is 14.9. The summed E-state index contributed by atoms with van der Waals surface area (Å²) < 4.78 is 0. The van der Waals surface area contributed by atoms with Crippen LogP contribution in [-0.2, 0) is 0 Å². The van der Waals surface area contributed by atoms with Gasteiger partial charge in [-0.25, -0.2) is 0 Å². The van der Waals surface area contributed by atoms with Gasteiger partial charge >= 0.3 is 0 Å². The summed E-state index contributed by atoms with van der Waals surface area (Å²) in [6.45, 7) is 5.32. The highest BCUT2D eigenvalue weighted by molar-refractivity contribution is 5.94. The molecular weight excluding hydrogens is 272 g/mol. The maximum atomic E-state index is 12.5. The van der Waals surface area contributed by atoms with Gasteiger partial charge < -0.3 is 9.80 Å². The fraction of sp³-hybridized carbons (Fsp3) is 0.526. The Labute approximate surface area is 132 Å². The third-order valence-corrected chi connectivity index (χ3v) is 5.75. The second kappa shape index (κ2) is 5.88. The molecule has 4 rings (SSSR count). The minimum atomic E-state index is 0.197. The molecule has 0 spiro atoms. The Kier molecular flexibility index (Phi) is 3.75. The zero-order valence-electron chi connectivity index (χ0n) is 13.1. The van der Waals surface area contributed by atoms with Crippen LogP contribution in [0.4, 0.5) is 0 Å². The molecule has 2 aliphatic carbocycles. The van der Waals surface area contributed by atoms with E-state index in [0.717, 1.165) is 49.5 Å². The maximum absolute atomic E-state index is 12.5. The quantitative estimate of drug-likeness (QED) is 0.834. The lowest BCUT2D eigenvalue weighted by Gasteiger charge is -2.34. The van der Waals surface area contributed by atoms with Crippen LogP contribution in [0.1, 0.15) is 23.2 Å². The molecule has 0 aromatic heterocycles. The van der Waals surface area contributed by atoms with Crippen LogP contribution in [0.5, 0.6) is 0 Å². The standard InChI is InChI=1S/C19H24N2O/c22-19(16-4-2-1-3-5-16)21-10-8-20(9-11-21)14-18-13-15-6-7-17(18)12-15/h1-7,15,17-18H,8-14H2/p+1/t15-,17-,18-/m0/s1. The van der Waals surface area contributed by atoms with Crippen LogP contribution in [0.2, 0.25) is 0 Å². The van der Waals surface area contributed by atoms with Gasteiger partial charge in [0.15, 0.2) is 0 Å². The first kappa shape index (κ1) is 14.0. The lowest BCUT2D eigenvalue weighted by atomic mass is 9.93. The van der Waals surface area contributed by atoms with E-state index in [9.17, 15) is 4.79 Å². The molecule has 1 aromatic rings. The molecular formula is C19H25N2O+. The molecule has 1 aromatic carbocycles. The first-order valence-corrected chi connectivity index (χ1v) is 8.66. The van der Waals surface area contributed by atoms with Crippen molar-refractivity contribution in [3.63, 3.8) is 0 Å². The highest BCUT2D eigenvalue weighted by atomic mass is 16.2. The van der Waals surface area contributed by atoms with Gasteiger partial charge in [0.05, 0.1) is 32.7 Å². The van der Waals surface area contributed by atoms with Crippen LogP contribution in [0.25, 0.3) is 0 Å². The molecule has 3 atom stereocenters. The van der Waals surface area contributed by atoms with Gasteiger partial charge in [-0.05, 0) is 36.8 Å². The largest absolute Gasteiger partial charge is 0.332 e. The molecule has 2 fully saturated rings. The number of nitrogens with one attached hydrogen (secondary N) is 1. The van der Waals surface area contributed by atoms with Gasteiger partial charge in [-0.3, -0.25) is 4.79 Å². The Morgan fingerprint density at radius 3 is 2.50 bits per heavy atom. The summed E-state index contributed by atoms with van der Waals surface area (Å²) in [5.74, 6) is 2.81. The predicted octanol–water partition coefficient (Wildman–Crippen LogP) is 1.24. The van der Waals surface area contributed by atoms with Gasteiger partial charge in [-0.1, -0.05) is 30.4 Å². The van der Waals surface area contributed by atoms with E-state index in [1.807, 2.05) is 35.2 Å². The van der Waals surface area contributed by atoms with Crippen LogP contribution < -0.4 is 4.90 Å². The molecule has 0 unspecified atom stereocenters. The summed E-state index contributed by atoms with van der Waals surface area (Å²) >= 11 is 0. The third-order valence-electron chi connectivity index (χ3n) is 5.75. The number of amides is 1. The van der Waals surface area contributed by atoms with Crippen molar-refractivity contribution in [1.29, 1.82) is 0 Å². The van der Waals surface area contributed by atoms with Crippen LogP contribution in [-0.4, -0.2) is 43.5 Å². The summed E-state index contributed by atoms with van der Waals surface area (Å²) in [4.78, 5) is 16.2. The van der Waals surface area contributed by atoms with Crippen molar-refractivity contribution in [1.82, 2.24) is 4.90 Å². The smallest absolute Gasteiger partial charge is 0.254 e. The van der Waals surface area contributed by atoms with E-state index >= 15 is 0 Å². The summed E-state index contributed by atoms with van der Waals surface area (Å²) in [5, 5.41) is 0. The van der Waals surface area contributed by atoms with Gasteiger partial charge in [0.25, 0.3) is 5.91 Å². The van der Waals surface area contributed by atoms with E-state index < -0.39 is 0 Å². The summed E-state index contributed by atoms with van der Waals surface area (Å²) in [7, 11) is 0. The average molecular weight is 297 g/mol. The number of nitrogens with zero attached hydrogens (tertiary/aromatic N) is 1. The van der Waals surface area contributed by atoms with Crippen molar-refractivity contribution < 1.29 is 9.69 Å². The number of benzene rings is 1. The lowest BCUT2D eigenvalue weighted by Crippen LogP contribution is -3.15. The molecule has 1 saturated carbocycles. The molecule has 2 bridgehead atoms. The fourth-order valence-electron chi connectivity index (χ4n) is 4.49. The Hall–Kier alpha value is -1.61. The second-order valence-corrected chi connectivity index (χ2v) is 7.15. The molecule has 3 heteroatoms. The van der Waals surface area contributed by atoms with Crippen molar-refractivity contribution in [3.05, 3.63) is 48.0 Å². The number of fused-ring (bicyclic) bond motifs is 2. The molecule has 3 nitrogen and oxygen atoms in total. The number of rotatable bonds is 3. The number of hydrogen-bond acceptors (Lipinski definition) is 1. The highest BCUT2D eigenvalue weighted by Gasteiger charge is 2.38. The summed E-state index contributed by atoms with van der Waals surface area (Å²) in [6.07, 6.45) is 7.67. The number of carbonyl (C=O) groups is 1. The van der Waals surface area contributed by atoms with E-state index in [2.05, 4.69) is 12.2 Å². The number of carbonyl (C=O) groups excluding carboxylic acids is 1. The van der Waals surface area contributed by atoms with Gasteiger partial charge in [0.2, 0.25) is 0 Å². The molecule has 3 aliphatic rings. The average Bonchev–Trinajstić information content (AvgIpc) is 3.19. The van der Waals surface area contributed by atoms with E-state index in [0.29, 0.717) is 0 Å². The zero-order valence-corrected chi connectivity index (χ0v) is 13.1. The van der Waals surface area contributed by atoms with E-state index in [-0.39, 0.29) is 5.91 Å². The van der Waals surface area contributed by atoms with Crippen LogP contribution in [0, 0.1) is 17.8 Å². The van der Waals surface area contributed by atoms with E-state index in [1.165, 1.54) is 19.4 Å². The lowest BCUT2D eigenvalue weighted by molar-refractivity contribution is -0.907. The van der Waals surface area contributed by atoms with Gasteiger partial charge in [-0.15, -0.1) is 0 Å². The van der Waals surface area contributed by atoms with Crippen LogP contribution >= 0.6 is 0 Å². The molecule has 1 heterocycles. The van der Waals surface area contributed by atoms with E-state index in [1.54, 1.807) is 4.90 Å². The summed E-state index contributed by atoms with van der Waals surface area (Å²) in [6, 6.07) is 9.68. The van der Waals surface area contributed by atoms with Crippen molar-refractivity contribution in [3.8, 4) is 0 Å². The normalized spacial score (nSPS) is 30.9. The minimum absolute atomic E-state index is 0.197. The molecule has 1 saturated heterocycles. The Morgan fingerprint density at radius 2 is 1.86 bits per heavy atom. The number of hydrogen-bond donors (Lipinski definition) is 1. The minimum Gasteiger partial charge on any atom is -0.332 e. The van der Waals surface area contributed by atoms with Gasteiger partial charge in [0, 0.05) is 11.5 Å². The Bertz CT molecular complexity index is 560. The first-order chi connectivity index (χ1) is 10.8. The first-order valence-electron chi connectivity index (χ1n) is 8.66. The third kappa shape index (κ3) is 2.70. The monoisotopic (exact) mass is 297 g/mol. The molecule has 0 radical (unpaired) electrons. The second-order valence-electron chi connectivity index (χ2n) is 7.15. The number of piperazine rings is 1. The number of allylic oxidation sites excluding steroid dienone is 2. The van der Waals surface area contributed by atoms with E-state index in [4.69, 9.17) is 0 Å². The van der Waals surface area contributed by atoms with Crippen molar-refractivity contribution in [2.75, 3.05) is 32.7 Å². The Morgan fingerprint density at radius 1 is 1.09 bits per heavy atom. The predicted molar refractivity (Wildman–Crippen MR) is 86.8 cm³/mol. The highest BCUT2D eigenvalue weighted by Crippen LogP contribution is 2.42. The molecule has 116 valence electrons. The molecule has 1 amide bonds. The number of quaternary nitrogens is 1. The fourth-order valence-corrected chi connectivity index (χ4v) is 4.49. The Balaban J connectivity index is 1.29. The molecule has 1 aliphatic heterocycles. The molecule has 22 heavy (non-hydrogen) atoms. The summed E-state index contributed by atoms with van der Waals surface area (Å²) in [5.41, 5.74) is 0.823. The van der Waals surface area contributed by atoms with Crippen molar-refractivity contribution in [2.45, 2.75) is 12.8 Å². The van der Waals surface area contributed by atoms with Crippen molar-refractivity contribution in [2.24, 2.45) is 17.8 Å². The van der Waals surface area contributed by atoms with Gasteiger partial charge in [0.1, 0.15) is 0 Å². The van der Waals surface area contributed by atoms with Crippen molar-refractivity contribution >= 4 is 5.91 Å². The van der Waals surface area contributed by atoms with Gasteiger partial charge in [-0.2, -0.15) is 0 Å².